The van der Waals surface area contributed by atoms with Crippen molar-refractivity contribution in [3.63, 3.8) is 0 Å². The summed E-state index contributed by atoms with van der Waals surface area (Å²) in [7, 11) is 3.15. The average Bonchev–Trinajstić information content (AvgIpc) is 3.26. The van der Waals surface area contributed by atoms with E-state index in [4.69, 9.17) is 21.7 Å². The lowest BCUT2D eigenvalue weighted by Crippen LogP contribution is -2.44. The second-order valence-corrected chi connectivity index (χ2v) is 7.73. The molecule has 0 saturated carbocycles. The number of thiocarbonyl (C=S) groups is 1. The smallest absolute Gasteiger partial charge is 0.416 e. The Morgan fingerprint density at radius 2 is 1.78 bits per heavy atom. The van der Waals surface area contributed by atoms with Crippen molar-refractivity contribution in [3.05, 3.63) is 77.6 Å². The van der Waals surface area contributed by atoms with Crippen LogP contribution in [0.4, 0.5) is 18.9 Å². The standard InChI is InChI=1S/C23H22F3N3O2S/c1-30-19-9-8-15(13-20(19)31-2)21-18-7-4-10-28(18)11-12-29(21)22(32)27-17-6-3-5-16(14-17)23(24,25)26/h3-10,13-14,21H,11-12H2,1-2H3,(H,27,32)/t21-/m0/s1. The van der Waals surface area contributed by atoms with Gasteiger partial charge in [-0.05, 0) is 60.2 Å². The number of anilines is 1. The molecule has 0 spiro atoms. The van der Waals surface area contributed by atoms with E-state index in [9.17, 15) is 13.2 Å². The van der Waals surface area contributed by atoms with Crippen LogP contribution in [-0.4, -0.2) is 35.3 Å². The molecule has 0 amide bonds. The van der Waals surface area contributed by atoms with Crippen LogP contribution in [0.1, 0.15) is 22.9 Å². The molecule has 1 N–H and O–H groups in total. The molecule has 2 aromatic carbocycles. The van der Waals surface area contributed by atoms with Crippen LogP contribution in [0.25, 0.3) is 0 Å². The van der Waals surface area contributed by atoms with Crippen molar-refractivity contribution >= 4 is 23.0 Å². The fourth-order valence-corrected chi connectivity index (χ4v) is 4.26. The van der Waals surface area contributed by atoms with Crippen molar-refractivity contribution in [2.75, 3.05) is 26.1 Å². The summed E-state index contributed by atoms with van der Waals surface area (Å²) in [6.45, 7) is 1.29. The molecular formula is C23H22F3N3O2S. The van der Waals surface area contributed by atoms with Crippen molar-refractivity contribution in [1.29, 1.82) is 0 Å². The van der Waals surface area contributed by atoms with Gasteiger partial charge in [0, 0.05) is 30.7 Å². The highest BCUT2D eigenvalue weighted by Gasteiger charge is 2.33. The third kappa shape index (κ3) is 4.25. The Bertz CT molecular complexity index is 1130. The van der Waals surface area contributed by atoms with Gasteiger partial charge in [-0.15, -0.1) is 0 Å². The van der Waals surface area contributed by atoms with Crippen LogP contribution in [0.3, 0.4) is 0 Å². The Kier molecular flexibility index (Phi) is 6.01. The number of nitrogens with one attached hydrogen (secondary N) is 1. The first-order chi connectivity index (χ1) is 15.3. The van der Waals surface area contributed by atoms with Crippen molar-refractivity contribution in [1.82, 2.24) is 9.47 Å². The molecule has 0 aliphatic carbocycles. The van der Waals surface area contributed by atoms with Crippen LogP contribution < -0.4 is 14.8 Å². The molecule has 5 nitrogen and oxygen atoms in total. The summed E-state index contributed by atoms with van der Waals surface area (Å²) in [5.41, 5.74) is 1.51. The minimum Gasteiger partial charge on any atom is -0.493 e. The van der Waals surface area contributed by atoms with Gasteiger partial charge in [0.1, 0.15) is 0 Å². The maximum absolute atomic E-state index is 13.1. The Morgan fingerprint density at radius 1 is 1.00 bits per heavy atom. The number of methoxy groups -OCH3 is 2. The zero-order chi connectivity index (χ0) is 22.9. The van der Waals surface area contributed by atoms with Crippen LogP contribution in [0.15, 0.2) is 60.8 Å². The Balaban J connectivity index is 1.68. The van der Waals surface area contributed by atoms with Gasteiger partial charge < -0.3 is 24.3 Å². The molecule has 1 aromatic heterocycles. The first-order valence-electron chi connectivity index (χ1n) is 9.93. The summed E-state index contributed by atoms with van der Waals surface area (Å²) in [6.07, 6.45) is -2.42. The van der Waals surface area contributed by atoms with Gasteiger partial charge in [-0.2, -0.15) is 13.2 Å². The lowest BCUT2D eigenvalue weighted by atomic mass is 9.99. The number of nitrogens with zero attached hydrogens (tertiary/aromatic N) is 2. The molecular weight excluding hydrogens is 439 g/mol. The monoisotopic (exact) mass is 461 g/mol. The summed E-state index contributed by atoms with van der Waals surface area (Å²) >= 11 is 5.65. The van der Waals surface area contributed by atoms with Crippen molar-refractivity contribution < 1.29 is 22.6 Å². The summed E-state index contributed by atoms with van der Waals surface area (Å²) in [5.74, 6) is 1.20. The Hall–Kier alpha value is -3.20. The molecule has 0 bridgehead atoms. The minimum atomic E-state index is -4.42. The lowest BCUT2D eigenvalue weighted by molar-refractivity contribution is -0.137. The molecule has 1 aliphatic heterocycles. The van der Waals surface area contributed by atoms with Gasteiger partial charge >= 0.3 is 6.18 Å². The molecule has 0 saturated heterocycles. The number of alkyl halides is 3. The maximum atomic E-state index is 13.1. The number of ether oxygens (including phenoxy) is 2. The van der Waals surface area contributed by atoms with E-state index in [0.717, 1.165) is 23.4 Å². The summed E-state index contributed by atoms with van der Waals surface area (Å²) in [5, 5.41) is 3.33. The van der Waals surface area contributed by atoms with Crippen LogP contribution in [0.5, 0.6) is 11.5 Å². The number of hydrogen-bond donors (Lipinski definition) is 1. The number of aromatic nitrogens is 1. The number of halogens is 3. The van der Waals surface area contributed by atoms with E-state index in [1.54, 1.807) is 20.3 Å². The van der Waals surface area contributed by atoms with Gasteiger partial charge in [0.15, 0.2) is 16.6 Å². The summed E-state index contributed by atoms with van der Waals surface area (Å²) < 4.78 is 52.3. The van der Waals surface area contributed by atoms with E-state index >= 15 is 0 Å². The average molecular weight is 462 g/mol. The molecule has 4 rings (SSSR count). The zero-order valence-corrected chi connectivity index (χ0v) is 18.3. The molecule has 168 valence electrons. The van der Waals surface area contributed by atoms with Crippen molar-refractivity contribution in [2.45, 2.75) is 18.8 Å². The fraction of sp³-hybridized carbons (Fsp3) is 0.261. The quantitative estimate of drug-likeness (QED) is 0.532. The second kappa shape index (κ2) is 8.74. The SMILES string of the molecule is COc1ccc([C@H]2c3cccn3CCN2C(=S)Nc2cccc(C(F)(F)F)c2)cc1OC. The highest BCUT2D eigenvalue weighted by Crippen LogP contribution is 2.38. The van der Waals surface area contributed by atoms with E-state index in [2.05, 4.69) is 9.88 Å². The topological polar surface area (TPSA) is 38.7 Å². The first-order valence-corrected chi connectivity index (χ1v) is 10.3. The molecule has 0 fully saturated rings. The number of fused-ring (bicyclic) bond motifs is 1. The number of rotatable bonds is 4. The number of hydrogen-bond acceptors (Lipinski definition) is 3. The van der Waals surface area contributed by atoms with Gasteiger partial charge in [-0.25, -0.2) is 0 Å². The van der Waals surface area contributed by atoms with E-state index in [1.165, 1.54) is 6.07 Å². The van der Waals surface area contributed by atoms with E-state index < -0.39 is 11.7 Å². The van der Waals surface area contributed by atoms with E-state index in [1.807, 2.05) is 41.4 Å². The first kappa shape index (κ1) is 22.0. The Morgan fingerprint density at radius 3 is 2.50 bits per heavy atom. The van der Waals surface area contributed by atoms with Gasteiger partial charge in [0.05, 0.1) is 25.8 Å². The lowest BCUT2D eigenvalue weighted by Gasteiger charge is -2.39. The predicted molar refractivity (Wildman–Crippen MR) is 120 cm³/mol. The largest absolute Gasteiger partial charge is 0.493 e. The highest BCUT2D eigenvalue weighted by atomic mass is 32.1. The third-order valence-electron chi connectivity index (χ3n) is 5.46. The fourth-order valence-electron chi connectivity index (χ4n) is 3.94. The van der Waals surface area contributed by atoms with E-state index in [-0.39, 0.29) is 11.7 Å². The Labute approximate surface area is 189 Å². The molecule has 32 heavy (non-hydrogen) atoms. The highest BCUT2D eigenvalue weighted by molar-refractivity contribution is 7.80. The van der Waals surface area contributed by atoms with Gasteiger partial charge in [-0.1, -0.05) is 12.1 Å². The van der Waals surface area contributed by atoms with Crippen LogP contribution >= 0.6 is 12.2 Å². The van der Waals surface area contributed by atoms with Gasteiger partial charge in [0.2, 0.25) is 0 Å². The normalized spacial score (nSPS) is 15.8. The van der Waals surface area contributed by atoms with Gasteiger partial charge in [0.25, 0.3) is 0 Å². The van der Waals surface area contributed by atoms with Crippen LogP contribution in [0.2, 0.25) is 0 Å². The molecule has 9 heteroatoms. The molecule has 1 aliphatic rings. The molecule has 0 radical (unpaired) electrons. The molecule has 1 atom stereocenters. The van der Waals surface area contributed by atoms with Crippen LogP contribution in [-0.2, 0) is 12.7 Å². The van der Waals surface area contributed by atoms with Crippen molar-refractivity contribution in [2.24, 2.45) is 0 Å². The zero-order valence-electron chi connectivity index (χ0n) is 17.5. The predicted octanol–water partition coefficient (Wildman–Crippen LogP) is 5.33. The molecule has 0 unspecified atom stereocenters. The minimum absolute atomic E-state index is 0.246. The molecule has 3 aromatic rings. The van der Waals surface area contributed by atoms with Crippen molar-refractivity contribution in [3.8, 4) is 11.5 Å². The molecule has 2 heterocycles. The van der Waals surface area contributed by atoms with Gasteiger partial charge in [-0.3, -0.25) is 0 Å². The maximum Gasteiger partial charge on any atom is 0.416 e. The van der Waals surface area contributed by atoms with Crippen LogP contribution in [0, 0.1) is 0 Å². The second-order valence-electron chi connectivity index (χ2n) is 7.35. The number of benzene rings is 2. The summed E-state index contributed by atoms with van der Waals surface area (Å²) in [4.78, 5) is 1.98. The van der Waals surface area contributed by atoms with E-state index in [0.29, 0.717) is 29.7 Å². The third-order valence-corrected chi connectivity index (χ3v) is 5.80. The summed E-state index contributed by atoms with van der Waals surface area (Å²) in [6, 6.07) is 14.4.